The first kappa shape index (κ1) is 38.0. The van der Waals surface area contributed by atoms with Gasteiger partial charge in [0.25, 0.3) is 0 Å². The maximum atomic E-state index is 11.8. The van der Waals surface area contributed by atoms with Gasteiger partial charge in [0.1, 0.15) is 0 Å². The molecule has 0 unspecified atom stereocenters. The van der Waals surface area contributed by atoms with Crippen molar-refractivity contribution in [1.82, 2.24) is 24.6 Å². The fraction of sp³-hybridized carbons (Fsp3) is 0.382. The van der Waals surface area contributed by atoms with Crippen molar-refractivity contribution in [2.75, 3.05) is 65.4 Å². The molecule has 248 valence electrons. The third-order valence-electron chi connectivity index (χ3n) is 7.77. The number of hydrogen-bond donors (Lipinski definition) is 2. The van der Waals surface area contributed by atoms with Crippen LogP contribution in [0.2, 0.25) is 0 Å². The molecule has 1 aliphatic rings. The molecule has 2 N–H and O–H groups in total. The molecular weight excluding hydrogens is 742 g/mol. The van der Waals surface area contributed by atoms with Gasteiger partial charge in [-0.2, -0.15) is 12.3 Å². The van der Waals surface area contributed by atoms with Crippen LogP contribution < -0.4 is 0 Å². The molecule has 0 amide bonds. The summed E-state index contributed by atoms with van der Waals surface area (Å²) in [6.07, 6.45) is 5.57. The van der Waals surface area contributed by atoms with Crippen LogP contribution in [0.5, 0.6) is 0 Å². The Kier molecular flexibility index (Phi) is 16.2. The van der Waals surface area contributed by atoms with Gasteiger partial charge in [-0.1, -0.05) is 35.4 Å². The number of azide groups is 1. The SMILES string of the molecule is C#Cc1[c-]c(CN2CCN(CC(=O)O)CCN(Cc3cc(-c4ccccc4)cc(CN=[N+]=[N-])n3)CCN(CC(=O)O)CC2)ccc1.[Gd]. The summed E-state index contributed by atoms with van der Waals surface area (Å²) in [4.78, 5) is 39.5. The summed E-state index contributed by atoms with van der Waals surface area (Å²) >= 11 is 0. The molecule has 1 fully saturated rings. The molecular formula is C34H39GdN8O4-. The smallest absolute Gasteiger partial charge is 0.317 e. The van der Waals surface area contributed by atoms with Gasteiger partial charge in [-0.05, 0) is 28.8 Å². The van der Waals surface area contributed by atoms with E-state index in [4.69, 9.17) is 16.9 Å². The van der Waals surface area contributed by atoms with Crippen molar-refractivity contribution in [1.29, 1.82) is 0 Å². The van der Waals surface area contributed by atoms with E-state index >= 15 is 0 Å². The van der Waals surface area contributed by atoms with E-state index < -0.39 is 11.9 Å². The Hall–Kier alpha value is -3.44. The first-order chi connectivity index (χ1) is 22.3. The molecule has 3 aromatic rings. The molecule has 2 aromatic carbocycles. The number of carboxylic acid groups (broad SMARTS) is 2. The van der Waals surface area contributed by atoms with E-state index in [-0.39, 0.29) is 59.6 Å². The Morgan fingerprint density at radius 3 is 1.91 bits per heavy atom. The number of benzene rings is 2. The molecule has 0 atom stereocenters. The van der Waals surface area contributed by atoms with Crippen LogP contribution in [0.3, 0.4) is 0 Å². The van der Waals surface area contributed by atoms with Crippen molar-refractivity contribution in [2.24, 2.45) is 5.11 Å². The van der Waals surface area contributed by atoms with E-state index in [1.807, 2.05) is 70.5 Å². The van der Waals surface area contributed by atoms with Gasteiger partial charge in [0, 0.05) is 116 Å². The largest absolute Gasteiger partial charge is 0.480 e. The standard InChI is InChI=1S/C34H39N8O4.Gd/c1-2-27-7-6-8-28(19-27)23-39-11-15-41(25-33(43)44)17-13-40(14-18-42(16-12-39)26-34(45)46)24-32-21-30(29-9-4-3-5-10-29)20-31(37-32)22-36-38-35;/h1,3-10,20-21H,11-18,22-26H2,(H,43,44)(H,45,46);/q-1;. The summed E-state index contributed by atoms with van der Waals surface area (Å²) in [5.74, 6) is 0.822. The fourth-order valence-electron chi connectivity index (χ4n) is 5.47. The second-order valence-electron chi connectivity index (χ2n) is 11.2. The normalized spacial score (nSPS) is 15.6. The second-order valence-corrected chi connectivity index (χ2v) is 11.2. The Bertz CT molecular complexity index is 1530. The number of carbonyl (C=O) groups is 2. The number of carboxylic acids is 2. The summed E-state index contributed by atoms with van der Waals surface area (Å²) in [5, 5.41) is 23.1. The third kappa shape index (κ3) is 13.3. The molecule has 0 aliphatic carbocycles. The van der Waals surface area contributed by atoms with Crippen molar-refractivity contribution in [3.05, 3.63) is 99.7 Å². The predicted molar refractivity (Wildman–Crippen MR) is 174 cm³/mol. The van der Waals surface area contributed by atoms with Crippen molar-refractivity contribution < 1.29 is 59.7 Å². The molecule has 0 bridgehead atoms. The molecule has 0 saturated carbocycles. The van der Waals surface area contributed by atoms with Crippen LogP contribution in [0.25, 0.3) is 21.6 Å². The van der Waals surface area contributed by atoms with Crippen LogP contribution in [0.1, 0.15) is 22.5 Å². The number of hydrogen-bond acceptors (Lipinski definition) is 8. The first-order valence-electron chi connectivity index (χ1n) is 15.2. The number of terminal acetylenes is 1. The maximum absolute atomic E-state index is 11.8. The Morgan fingerprint density at radius 1 is 0.809 bits per heavy atom. The average Bonchev–Trinajstić information content (AvgIpc) is 3.05. The molecule has 1 aromatic heterocycles. The molecule has 12 nitrogen and oxygen atoms in total. The van der Waals surface area contributed by atoms with Crippen LogP contribution in [0.15, 0.2) is 65.8 Å². The fourth-order valence-corrected chi connectivity index (χ4v) is 5.47. The summed E-state index contributed by atoms with van der Waals surface area (Å²) in [5.41, 5.74) is 13.9. The van der Waals surface area contributed by atoms with E-state index in [9.17, 15) is 19.8 Å². The van der Waals surface area contributed by atoms with Gasteiger partial charge in [0.15, 0.2) is 0 Å². The van der Waals surface area contributed by atoms with Gasteiger partial charge in [-0.3, -0.25) is 34.2 Å². The summed E-state index contributed by atoms with van der Waals surface area (Å²) in [6.45, 7) is 5.27. The van der Waals surface area contributed by atoms with Crippen LogP contribution in [-0.4, -0.2) is 112 Å². The molecule has 1 saturated heterocycles. The summed E-state index contributed by atoms with van der Waals surface area (Å²) in [7, 11) is 0. The van der Waals surface area contributed by atoms with Crippen molar-refractivity contribution in [3.63, 3.8) is 0 Å². The Balaban J connectivity index is 0.00000600. The molecule has 0 radical (unpaired) electrons. The molecule has 4 rings (SSSR count). The second kappa shape index (κ2) is 20.0. The minimum absolute atomic E-state index is 0. The van der Waals surface area contributed by atoms with Crippen LogP contribution in [0, 0.1) is 58.4 Å². The van der Waals surface area contributed by atoms with E-state index in [2.05, 4.69) is 31.8 Å². The monoisotopic (exact) mass is 781 g/mol. The minimum atomic E-state index is -0.896. The third-order valence-corrected chi connectivity index (χ3v) is 7.77. The summed E-state index contributed by atoms with van der Waals surface area (Å²) < 4.78 is 0. The summed E-state index contributed by atoms with van der Waals surface area (Å²) in [6, 6.07) is 22.7. The number of nitrogens with zero attached hydrogens (tertiary/aromatic N) is 8. The van der Waals surface area contributed by atoms with Crippen LogP contribution in [0.4, 0.5) is 0 Å². The average molecular weight is 781 g/mol. The zero-order valence-electron chi connectivity index (χ0n) is 26.2. The number of pyridine rings is 1. The van der Waals surface area contributed by atoms with Gasteiger partial charge in [-0.15, -0.1) is 35.4 Å². The van der Waals surface area contributed by atoms with E-state index in [1.165, 1.54) is 0 Å². The van der Waals surface area contributed by atoms with Crippen molar-refractivity contribution in [3.8, 4) is 23.5 Å². The topological polar surface area (TPSA) is 149 Å². The molecule has 2 heterocycles. The quantitative estimate of drug-likeness (QED) is 0.0982. The van der Waals surface area contributed by atoms with E-state index in [0.717, 1.165) is 22.4 Å². The molecule has 47 heavy (non-hydrogen) atoms. The molecule has 13 heteroatoms. The van der Waals surface area contributed by atoms with Gasteiger partial charge < -0.3 is 10.2 Å². The Labute approximate surface area is 307 Å². The maximum Gasteiger partial charge on any atom is 0.317 e. The van der Waals surface area contributed by atoms with Gasteiger partial charge in [0.05, 0.1) is 25.3 Å². The van der Waals surface area contributed by atoms with Gasteiger partial charge in [-0.25, -0.2) is 0 Å². The van der Waals surface area contributed by atoms with Gasteiger partial charge in [0.2, 0.25) is 0 Å². The minimum Gasteiger partial charge on any atom is -0.480 e. The predicted octanol–water partition coefficient (Wildman–Crippen LogP) is 3.43. The van der Waals surface area contributed by atoms with E-state index in [1.54, 1.807) is 0 Å². The number of aliphatic carboxylic acids is 2. The van der Waals surface area contributed by atoms with Crippen molar-refractivity contribution >= 4 is 11.9 Å². The molecule has 0 spiro atoms. The van der Waals surface area contributed by atoms with Crippen LogP contribution >= 0.6 is 0 Å². The zero-order valence-corrected chi connectivity index (χ0v) is 28.5. The molecule has 1 aliphatic heterocycles. The van der Waals surface area contributed by atoms with E-state index in [0.29, 0.717) is 76.7 Å². The number of aromatic nitrogens is 1. The zero-order chi connectivity index (χ0) is 32.7. The number of rotatable bonds is 11. The van der Waals surface area contributed by atoms with Crippen LogP contribution in [-0.2, 0) is 29.2 Å². The Morgan fingerprint density at radius 2 is 1.36 bits per heavy atom. The van der Waals surface area contributed by atoms with Crippen molar-refractivity contribution in [2.45, 2.75) is 19.6 Å². The van der Waals surface area contributed by atoms with Gasteiger partial charge >= 0.3 is 11.9 Å². The first-order valence-corrected chi connectivity index (χ1v) is 15.2.